The molecule has 0 unspecified atom stereocenters. The third-order valence-corrected chi connectivity index (χ3v) is 8.55. The van der Waals surface area contributed by atoms with Crippen LogP contribution in [-0.2, 0) is 27.6 Å². The van der Waals surface area contributed by atoms with Gasteiger partial charge in [-0.05, 0) is 76.4 Å². The van der Waals surface area contributed by atoms with Crippen LogP contribution in [0.15, 0.2) is 64.3 Å². The number of methoxy groups -OCH3 is 1. The molecule has 0 aliphatic heterocycles. The standard InChI is InChI=1S/C30H43N5O5S/c1-8-11-22-14-25(26(40-7)15-23(22)17-32-28(37)18-36)35-30(31)33-16-21(6)29(19(2)3)34-24-12-9-10-13-27(24)41(38,39)20(4)5/h9-10,12-16,20,34,36H,8,11,17-18H2,1-7H3,(H,32,37)(H3,31,33,35)/p+1/b21-16-. The summed E-state index contributed by atoms with van der Waals surface area (Å²) in [6.45, 7) is 10.9. The summed E-state index contributed by atoms with van der Waals surface area (Å²) < 4.78 is 31.4. The van der Waals surface area contributed by atoms with Crippen LogP contribution in [0.25, 0.3) is 0 Å². The number of anilines is 2. The van der Waals surface area contributed by atoms with Crippen LogP contribution in [0.2, 0.25) is 0 Å². The molecule has 0 aromatic heterocycles. The summed E-state index contributed by atoms with van der Waals surface area (Å²) in [6.07, 6.45) is 3.40. The number of aliphatic hydroxyl groups is 1. The van der Waals surface area contributed by atoms with E-state index in [1.54, 1.807) is 51.4 Å². The zero-order chi connectivity index (χ0) is 30.7. The normalized spacial score (nSPS) is 12.2. The zero-order valence-corrected chi connectivity index (χ0v) is 25.8. The van der Waals surface area contributed by atoms with Crippen molar-refractivity contribution in [1.82, 2.24) is 5.32 Å². The lowest BCUT2D eigenvalue weighted by Crippen LogP contribution is -2.71. The Balaban J connectivity index is 2.36. The molecule has 224 valence electrons. The molecule has 0 saturated heterocycles. The monoisotopic (exact) mass is 586 g/mol. The maximum atomic E-state index is 12.9. The number of carbonyl (C=O) groups excluding carboxylic acids is 1. The van der Waals surface area contributed by atoms with E-state index in [1.165, 1.54) is 0 Å². The van der Waals surface area contributed by atoms with Gasteiger partial charge in [0, 0.05) is 17.8 Å². The molecule has 7 N–H and O–H groups in total. The first kappa shape index (κ1) is 33.4. The Bertz CT molecular complexity index is 1420. The number of nitrogens with two attached hydrogens (primary N) is 1. The molecule has 0 saturated carbocycles. The number of sulfone groups is 1. The van der Waals surface area contributed by atoms with Gasteiger partial charge in [0.15, 0.2) is 15.6 Å². The van der Waals surface area contributed by atoms with Gasteiger partial charge in [-0.25, -0.2) is 13.7 Å². The average Bonchev–Trinajstić information content (AvgIpc) is 2.93. The van der Waals surface area contributed by atoms with E-state index in [0.717, 1.165) is 40.8 Å². The molecule has 1 amide bonds. The Morgan fingerprint density at radius 2 is 1.78 bits per heavy atom. The Kier molecular flexibility index (Phi) is 12.4. The van der Waals surface area contributed by atoms with Crippen LogP contribution in [-0.4, -0.2) is 44.4 Å². The van der Waals surface area contributed by atoms with Gasteiger partial charge in [-0.2, -0.15) is 0 Å². The van der Waals surface area contributed by atoms with Crippen LogP contribution in [0.3, 0.4) is 0 Å². The molecule has 0 atom stereocenters. The van der Waals surface area contributed by atoms with Gasteiger partial charge in [-0.3, -0.25) is 15.5 Å². The molecule has 2 aromatic rings. The second kappa shape index (κ2) is 15.2. The molecule has 0 bridgehead atoms. The average molecular weight is 587 g/mol. The number of guanidine groups is 1. The maximum absolute atomic E-state index is 12.9. The minimum absolute atomic E-state index is 0.247. The van der Waals surface area contributed by atoms with Gasteiger partial charge in [-0.15, -0.1) is 0 Å². The van der Waals surface area contributed by atoms with Gasteiger partial charge < -0.3 is 20.5 Å². The van der Waals surface area contributed by atoms with Crippen molar-refractivity contribution in [3.63, 3.8) is 0 Å². The quantitative estimate of drug-likeness (QED) is 0.119. The number of aliphatic hydroxyl groups excluding tert-OH is 1. The van der Waals surface area contributed by atoms with E-state index in [2.05, 4.69) is 27.9 Å². The second-order valence-electron chi connectivity index (χ2n) is 10.1. The smallest absolute Gasteiger partial charge is 0.350 e. The fourth-order valence-corrected chi connectivity index (χ4v) is 5.32. The molecule has 11 heteroatoms. The molecular formula is C30H44N5O5S+. The Hall–Kier alpha value is -3.83. The van der Waals surface area contributed by atoms with E-state index in [9.17, 15) is 13.2 Å². The number of hydrogen-bond acceptors (Lipinski definition) is 6. The van der Waals surface area contributed by atoms with Gasteiger partial charge in [0.25, 0.3) is 0 Å². The van der Waals surface area contributed by atoms with Gasteiger partial charge in [0.2, 0.25) is 5.91 Å². The van der Waals surface area contributed by atoms with E-state index in [4.69, 9.17) is 15.6 Å². The molecule has 41 heavy (non-hydrogen) atoms. The molecule has 0 spiro atoms. The predicted octanol–water partition coefficient (Wildman–Crippen LogP) is 2.56. The highest BCUT2D eigenvalue weighted by molar-refractivity contribution is 7.92. The maximum Gasteiger partial charge on any atom is 0.350 e. The van der Waals surface area contributed by atoms with Crippen LogP contribution in [0, 0.1) is 0 Å². The SMILES string of the molecule is CCCc1cc(NC(N)=[NH+]/C=C(/C)C(Nc2ccccc2S(=O)(=O)C(C)C)=C(C)C)c(OC)cc1CNC(=O)CO. The van der Waals surface area contributed by atoms with Crippen molar-refractivity contribution in [3.05, 3.63) is 70.6 Å². The van der Waals surface area contributed by atoms with Gasteiger partial charge in [-0.1, -0.05) is 31.1 Å². The third-order valence-electron chi connectivity index (χ3n) is 6.34. The van der Waals surface area contributed by atoms with Gasteiger partial charge in [0.1, 0.15) is 12.3 Å². The number of nitrogens with one attached hydrogen (secondary N) is 4. The van der Waals surface area contributed by atoms with Crippen molar-refractivity contribution in [2.75, 3.05) is 24.4 Å². The summed E-state index contributed by atoms with van der Waals surface area (Å²) in [5.41, 5.74) is 11.9. The zero-order valence-electron chi connectivity index (χ0n) is 25.0. The van der Waals surface area contributed by atoms with Crippen LogP contribution in [0.4, 0.5) is 11.4 Å². The number of rotatable bonds is 13. The largest absolute Gasteiger partial charge is 0.493 e. The number of aryl methyl sites for hydroxylation is 1. The summed E-state index contributed by atoms with van der Waals surface area (Å²) in [4.78, 5) is 14.9. The highest BCUT2D eigenvalue weighted by atomic mass is 32.2. The molecular weight excluding hydrogens is 542 g/mol. The van der Waals surface area contributed by atoms with Crippen molar-refractivity contribution in [2.24, 2.45) is 5.73 Å². The molecule has 2 rings (SSSR count). The molecule has 0 aliphatic carbocycles. The van der Waals surface area contributed by atoms with Crippen LogP contribution < -0.4 is 31.4 Å². The summed E-state index contributed by atoms with van der Waals surface area (Å²) >= 11 is 0. The number of carbonyl (C=O) groups is 1. The third kappa shape index (κ3) is 9.09. The van der Waals surface area contributed by atoms with Crippen molar-refractivity contribution in [2.45, 2.75) is 71.1 Å². The number of benzene rings is 2. The van der Waals surface area contributed by atoms with Gasteiger partial charge >= 0.3 is 5.96 Å². The lowest BCUT2D eigenvalue weighted by molar-refractivity contribution is -0.374. The minimum atomic E-state index is -3.49. The molecule has 2 aromatic carbocycles. The first-order valence-electron chi connectivity index (χ1n) is 13.5. The topological polar surface area (TPSA) is 157 Å². The van der Waals surface area contributed by atoms with Crippen LogP contribution >= 0.6 is 0 Å². The van der Waals surface area contributed by atoms with Crippen molar-refractivity contribution < 1.29 is 28.0 Å². The highest BCUT2D eigenvalue weighted by Gasteiger charge is 2.23. The number of hydrogen-bond donors (Lipinski definition) is 6. The van der Waals surface area contributed by atoms with E-state index >= 15 is 0 Å². The predicted molar refractivity (Wildman–Crippen MR) is 164 cm³/mol. The van der Waals surface area contributed by atoms with E-state index in [-0.39, 0.29) is 17.4 Å². The second-order valence-corrected chi connectivity index (χ2v) is 12.6. The molecule has 10 nitrogen and oxygen atoms in total. The molecule has 0 aliphatic rings. The van der Waals surface area contributed by atoms with E-state index in [0.29, 0.717) is 17.1 Å². The van der Waals surface area contributed by atoms with Crippen molar-refractivity contribution >= 4 is 33.1 Å². The first-order valence-corrected chi connectivity index (χ1v) is 15.1. The van der Waals surface area contributed by atoms with Gasteiger partial charge in [0.05, 0.1) is 29.1 Å². The lowest BCUT2D eigenvalue weighted by atomic mass is 10.0. The number of amides is 1. The first-order chi connectivity index (χ1) is 19.3. The molecule has 0 radical (unpaired) electrons. The van der Waals surface area contributed by atoms with Crippen LogP contribution in [0.5, 0.6) is 5.75 Å². The van der Waals surface area contributed by atoms with E-state index < -0.39 is 27.6 Å². The fraction of sp³-hybridized carbons (Fsp3) is 0.400. The summed E-state index contributed by atoms with van der Waals surface area (Å²) in [6, 6.07) is 10.6. The number of ether oxygens (including phenoxy) is 1. The fourth-order valence-electron chi connectivity index (χ4n) is 4.11. The Morgan fingerprint density at radius 1 is 1.10 bits per heavy atom. The molecule has 0 fully saturated rings. The molecule has 0 heterocycles. The Labute approximate surface area is 243 Å². The van der Waals surface area contributed by atoms with E-state index in [1.807, 2.05) is 32.9 Å². The van der Waals surface area contributed by atoms with Crippen LogP contribution in [0.1, 0.15) is 59.1 Å². The number of allylic oxidation sites excluding steroid dienone is 2. The summed E-state index contributed by atoms with van der Waals surface area (Å²) in [5, 5.41) is 17.6. The summed E-state index contributed by atoms with van der Waals surface area (Å²) in [5.74, 6) is 0.341. The summed E-state index contributed by atoms with van der Waals surface area (Å²) in [7, 11) is -1.94. The Morgan fingerprint density at radius 3 is 2.37 bits per heavy atom. The lowest BCUT2D eigenvalue weighted by Gasteiger charge is -2.18. The van der Waals surface area contributed by atoms with Crippen molar-refractivity contribution in [1.29, 1.82) is 0 Å². The minimum Gasteiger partial charge on any atom is -0.493 e. The van der Waals surface area contributed by atoms with Crippen molar-refractivity contribution in [3.8, 4) is 5.75 Å². The number of para-hydroxylation sites is 1. The highest BCUT2D eigenvalue weighted by Crippen LogP contribution is 2.30.